The first-order valence-electron chi connectivity index (χ1n) is 9.57. The van der Waals surface area contributed by atoms with Crippen LogP contribution < -0.4 is 4.90 Å². The molecule has 8 nitrogen and oxygen atoms in total. The first-order chi connectivity index (χ1) is 14.7. The molecule has 170 valence electrons. The van der Waals surface area contributed by atoms with Gasteiger partial charge in [-0.25, -0.2) is 19.2 Å². The van der Waals surface area contributed by atoms with Crippen LogP contribution in [0.1, 0.15) is 18.4 Å². The van der Waals surface area contributed by atoms with Gasteiger partial charge in [0, 0.05) is 31.7 Å². The largest absolute Gasteiger partial charge is 0.490 e. The summed E-state index contributed by atoms with van der Waals surface area (Å²) in [5, 5.41) is 7.12. The van der Waals surface area contributed by atoms with Crippen molar-refractivity contribution in [3.63, 3.8) is 0 Å². The van der Waals surface area contributed by atoms with Gasteiger partial charge in [-0.15, -0.1) is 0 Å². The Kier molecular flexibility index (Phi) is 7.11. The maximum atomic E-state index is 13.0. The Morgan fingerprint density at radius 3 is 2.39 bits per heavy atom. The maximum Gasteiger partial charge on any atom is 0.490 e. The molecule has 2 aliphatic rings. The van der Waals surface area contributed by atoms with Crippen molar-refractivity contribution >= 4 is 11.9 Å². The van der Waals surface area contributed by atoms with Gasteiger partial charge >= 0.3 is 12.1 Å². The van der Waals surface area contributed by atoms with Crippen molar-refractivity contribution in [3.05, 3.63) is 42.4 Å². The number of aliphatic carboxylic acids is 1. The fourth-order valence-corrected chi connectivity index (χ4v) is 3.55. The lowest BCUT2D eigenvalue weighted by molar-refractivity contribution is -0.192. The monoisotopic (exact) mass is 446 g/mol. The molecule has 4 rings (SSSR count). The molecular formula is C19H22F4N4O4. The Labute approximate surface area is 175 Å². The van der Waals surface area contributed by atoms with Crippen LogP contribution in [0.4, 0.5) is 23.5 Å². The van der Waals surface area contributed by atoms with E-state index in [2.05, 4.69) is 19.8 Å². The number of hydrogen-bond donors (Lipinski definition) is 1. The van der Waals surface area contributed by atoms with Gasteiger partial charge < -0.3 is 19.2 Å². The van der Waals surface area contributed by atoms with Gasteiger partial charge in [-0.2, -0.15) is 13.2 Å². The van der Waals surface area contributed by atoms with Crippen LogP contribution in [0, 0.1) is 5.82 Å². The first-order valence-corrected chi connectivity index (χ1v) is 9.57. The van der Waals surface area contributed by atoms with Crippen molar-refractivity contribution in [1.82, 2.24) is 14.9 Å². The van der Waals surface area contributed by atoms with Crippen molar-refractivity contribution in [2.45, 2.75) is 31.2 Å². The molecule has 4 heterocycles. The van der Waals surface area contributed by atoms with E-state index in [-0.39, 0.29) is 5.60 Å². The van der Waals surface area contributed by atoms with Crippen LogP contribution in [0.25, 0.3) is 0 Å². The van der Waals surface area contributed by atoms with Crippen LogP contribution in [-0.4, -0.2) is 70.5 Å². The first kappa shape index (κ1) is 22.9. The van der Waals surface area contributed by atoms with E-state index in [0.717, 1.165) is 45.6 Å². The second kappa shape index (κ2) is 9.60. The molecule has 0 atom stereocenters. The molecule has 0 unspecified atom stereocenters. The number of piperidine rings is 1. The summed E-state index contributed by atoms with van der Waals surface area (Å²) in [7, 11) is 0. The predicted octanol–water partition coefficient (Wildman–Crippen LogP) is 2.71. The van der Waals surface area contributed by atoms with Crippen LogP contribution in [0.15, 0.2) is 35.4 Å². The average Bonchev–Trinajstić information content (AvgIpc) is 3.23. The summed E-state index contributed by atoms with van der Waals surface area (Å²) in [6.45, 7) is 5.05. The molecule has 0 bridgehead atoms. The zero-order chi connectivity index (χ0) is 22.5. The Hall–Kier alpha value is -2.73. The van der Waals surface area contributed by atoms with Crippen molar-refractivity contribution in [3.8, 4) is 0 Å². The fraction of sp³-hybridized carbons (Fsp3) is 0.526. The second-order valence-electron chi connectivity index (χ2n) is 7.36. The van der Waals surface area contributed by atoms with E-state index >= 15 is 0 Å². The molecule has 0 aliphatic carbocycles. The molecule has 2 aliphatic heterocycles. The van der Waals surface area contributed by atoms with Crippen LogP contribution in [0.2, 0.25) is 0 Å². The molecule has 2 saturated heterocycles. The fourth-order valence-electron chi connectivity index (χ4n) is 3.55. The number of furan rings is 1. The van der Waals surface area contributed by atoms with E-state index in [1.54, 1.807) is 12.5 Å². The topological polar surface area (TPSA) is 91.9 Å². The normalized spacial score (nSPS) is 19.0. The second-order valence-corrected chi connectivity index (χ2v) is 7.36. The molecule has 1 N–H and O–H groups in total. The summed E-state index contributed by atoms with van der Waals surface area (Å²) in [6, 6.07) is 2.01. The molecule has 1 spiro atoms. The van der Waals surface area contributed by atoms with Crippen LogP contribution in [-0.2, 0) is 16.1 Å². The Morgan fingerprint density at radius 2 is 1.84 bits per heavy atom. The highest BCUT2D eigenvalue weighted by atomic mass is 19.4. The Bertz CT molecular complexity index is 838. The van der Waals surface area contributed by atoms with E-state index in [1.807, 2.05) is 6.07 Å². The van der Waals surface area contributed by atoms with Crippen LogP contribution in [0.3, 0.4) is 0 Å². The number of aromatic nitrogens is 2. The highest BCUT2D eigenvalue weighted by Crippen LogP contribution is 2.31. The van der Waals surface area contributed by atoms with E-state index < -0.39 is 18.0 Å². The molecule has 0 aromatic carbocycles. The van der Waals surface area contributed by atoms with E-state index in [0.29, 0.717) is 12.6 Å². The van der Waals surface area contributed by atoms with Crippen molar-refractivity contribution in [2.24, 2.45) is 0 Å². The lowest BCUT2D eigenvalue weighted by Gasteiger charge is -2.47. The highest BCUT2D eigenvalue weighted by molar-refractivity contribution is 5.73. The number of carbonyl (C=O) groups is 1. The SMILES string of the molecule is Fc1cnc(N2CCOC3(CCN(Cc4ccoc4)CC3)C2)nc1.O=C(O)C(F)(F)F. The number of carboxylic acids is 1. The minimum Gasteiger partial charge on any atom is -0.475 e. The van der Waals surface area contributed by atoms with Gasteiger partial charge in [-0.3, -0.25) is 4.90 Å². The third-order valence-corrected chi connectivity index (χ3v) is 5.13. The lowest BCUT2D eigenvalue weighted by Crippen LogP contribution is -2.57. The highest BCUT2D eigenvalue weighted by Gasteiger charge is 2.40. The van der Waals surface area contributed by atoms with Gasteiger partial charge in [-0.05, 0) is 18.9 Å². The number of ether oxygens (including phenoxy) is 1. The Balaban J connectivity index is 0.000000339. The van der Waals surface area contributed by atoms with E-state index in [4.69, 9.17) is 19.1 Å². The molecule has 31 heavy (non-hydrogen) atoms. The molecule has 2 aromatic rings. The van der Waals surface area contributed by atoms with Gasteiger partial charge in [0.1, 0.15) is 0 Å². The van der Waals surface area contributed by atoms with E-state index in [1.165, 1.54) is 18.0 Å². The number of morpholine rings is 1. The average molecular weight is 446 g/mol. The molecule has 2 aromatic heterocycles. The quantitative estimate of drug-likeness (QED) is 0.720. The Morgan fingerprint density at radius 1 is 1.19 bits per heavy atom. The van der Waals surface area contributed by atoms with Crippen molar-refractivity contribution in [1.29, 1.82) is 0 Å². The zero-order valence-corrected chi connectivity index (χ0v) is 16.5. The number of anilines is 1. The lowest BCUT2D eigenvalue weighted by atomic mass is 9.89. The third-order valence-electron chi connectivity index (χ3n) is 5.13. The number of likely N-dealkylation sites (tertiary alicyclic amines) is 1. The molecule has 12 heteroatoms. The summed E-state index contributed by atoms with van der Waals surface area (Å²) in [4.78, 5) is 21.6. The number of carboxylic acid groups (broad SMARTS) is 1. The number of hydrogen-bond acceptors (Lipinski definition) is 7. The number of nitrogens with zero attached hydrogens (tertiary/aromatic N) is 4. The van der Waals surface area contributed by atoms with Crippen LogP contribution >= 0.6 is 0 Å². The minimum absolute atomic E-state index is 0.150. The summed E-state index contributed by atoms with van der Waals surface area (Å²) in [6.07, 6.45) is 2.82. The molecule has 0 saturated carbocycles. The van der Waals surface area contributed by atoms with E-state index in [9.17, 15) is 17.6 Å². The smallest absolute Gasteiger partial charge is 0.475 e. The van der Waals surface area contributed by atoms with Gasteiger partial charge in [0.05, 0.1) is 43.7 Å². The molecule has 0 amide bonds. The number of halogens is 4. The van der Waals surface area contributed by atoms with Gasteiger partial charge in [0.2, 0.25) is 5.95 Å². The van der Waals surface area contributed by atoms with Crippen LogP contribution in [0.5, 0.6) is 0 Å². The third kappa shape index (κ3) is 6.37. The summed E-state index contributed by atoms with van der Waals surface area (Å²) < 4.78 is 56.0. The molecular weight excluding hydrogens is 424 g/mol. The van der Waals surface area contributed by atoms with Gasteiger partial charge in [0.15, 0.2) is 5.82 Å². The minimum atomic E-state index is -5.08. The van der Waals surface area contributed by atoms with Crippen molar-refractivity contribution in [2.75, 3.05) is 37.7 Å². The van der Waals surface area contributed by atoms with Gasteiger partial charge in [0.25, 0.3) is 0 Å². The zero-order valence-electron chi connectivity index (χ0n) is 16.5. The summed E-state index contributed by atoms with van der Waals surface area (Å²) in [5.74, 6) is -2.58. The molecule has 0 radical (unpaired) electrons. The maximum absolute atomic E-state index is 13.0. The predicted molar refractivity (Wildman–Crippen MR) is 99.8 cm³/mol. The molecule has 2 fully saturated rings. The van der Waals surface area contributed by atoms with Crippen molar-refractivity contribution < 1.29 is 36.6 Å². The van der Waals surface area contributed by atoms with Gasteiger partial charge in [-0.1, -0.05) is 0 Å². The summed E-state index contributed by atoms with van der Waals surface area (Å²) >= 11 is 0. The number of rotatable bonds is 3. The number of alkyl halides is 3. The standard InChI is InChI=1S/C17H21FN4O2.C2HF3O2/c18-15-9-19-16(20-10-15)22-6-8-24-17(13-22)2-4-21(5-3-17)11-14-1-7-23-12-14;3-2(4,5)1(6)7/h1,7,9-10,12H,2-6,8,11,13H2;(H,6,7). The summed E-state index contributed by atoms with van der Waals surface area (Å²) in [5.41, 5.74) is 1.06.